The highest BCUT2D eigenvalue weighted by Gasteiger charge is 2.06. The number of aromatic nitrogens is 1. The summed E-state index contributed by atoms with van der Waals surface area (Å²) in [7, 11) is 0. The third-order valence-electron chi connectivity index (χ3n) is 3.72. The molecule has 0 fully saturated rings. The molecule has 3 aromatic rings. The lowest BCUT2D eigenvalue weighted by molar-refractivity contribution is -0.121. The van der Waals surface area contributed by atoms with Gasteiger partial charge in [0.1, 0.15) is 5.82 Å². The van der Waals surface area contributed by atoms with Gasteiger partial charge in [-0.25, -0.2) is 4.39 Å². The van der Waals surface area contributed by atoms with Gasteiger partial charge in [-0.2, -0.15) is 0 Å². The van der Waals surface area contributed by atoms with Crippen molar-refractivity contribution in [3.8, 4) is 10.4 Å². The van der Waals surface area contributed by atoms with Crippen LogP contribution < -0.4 is 5.32 Å². The number of halogens is 2. The number of aryl methyl sites for hydroxylation is 1. The molecule has 0 saturated carbocycles. The second kappa shape index (κ2) is 8.23. The number of hydrogen-bond acceptors (Lipinski definition) is 3. The molecule has 3 nitrogen and oxygen atoms in total. The van der Waals surface area contributed by atoms with E-state index in [4.69, 9.17) is 11.6 Å². The average Bonchev–Trinajstić information content (AvgIpc) is 3.16. The van der Waals surface area contributed by atoms with Crippen LogP contribution in [0.1, 0.15) is 17.5 Å². The van der Waals surface area contributed by atoms with Crippen LogP contribution in [0.2, 0.25) is 5.02 Å². The molecule has 0 spiro atoms. The highest BCUT2D eigenvalue weighted by atomic mass is 35.5. The number of nitrogens with one attached hydrogen (secondary N) is 1. The first kappa shape index (κ1) is 17.6. The Morgan fingerprint density at radius 3 is 2.84 bits per heavy atom. The summed E-state index contributed by atoms with van der Waals surface area (Å²) in [5, 5.41) is 4.98. The molecular formula is C19H16ClFN2OS. The monoisotopic (exact) mass is 374 g/mol. The molecule has 1 amide bonds. The molecule has 0 saturated heterocycles. The molecule has 0 atom stereocenters. The van der Waals surface area contributed by atoms with E-state index in [-0.39, 0.29) is 10.9 Å². The van der Waals surface area contributed by atoms with E-state index in [0.717, 1.165) is 21.6 Å². The fraction of sp³-hybridized carbons (Fsp3) is 0.158. The van der Waals surface area contributed by atoms with Crippen LogP contribution in [0.5, 0.6) is 0 Å². The zero-order valence-electron chi connectivity index (χ0n) is 13.3. The number of pyridine rings is 1. The van der Waals surface area contributed by atoms with Gasteiger partial charge in [-0.05, 0) is 47.2 Å². The zero-order chi connectivity index (χ0) is 17.6. The molecule has 2 heterocycles. The molecule has 6 heteroatoms. The molecule has 1 aromatic carbocycles. The van der Waals surface area contributed by atoms with Crippen molar-refractivity contribution in [2.24, 2.45) is 0 Å². The van der Waals surface area contributed by atoms with Gasteiger partial charge in [0.25, 0.3) is 0 Å². The minimum atomic E-state index is -0.451. The quantitative estimate of drug-likeness (QED) is 0.670. The number of carbonyl (C=O) groups is 1. The fourth-order valence-corrected chi connectivity index (χ4v) is 3.32. The largest absolute Gasteiger partial charge is 0.352 e. The second-order valence-electron chi connectivity index (χ2n) is 5.58. The van der Waals surface area contributed by atoms with Gasteiger partial charge in [0.2, 0.25) is 5.91 Å². The van der Waals surface area contributed by atoms with Crippen LogP contribution in [0.4, 0.5) is 4.39 Å². The summed E-state index contributed by atoms with van der Waals surface area (Å²) in [6.45, 7) is 0.426. The molecular weight excluding hydrogens is 359 g/mol. The summed E-state index contributed by atoms with van der Waals surface area (Å²) in [6.07, 6.45) is 4.39. The standard InChI is InChI=1S/C19H16ClFN2OS/c20-16-9-13(3-5-17(16)21)4-6-19(24)23-11-14-8-15(12-22-10-14)18-2-1-7-25-18/h1-3,5,7-10,12H,4,6,11H2,(H,23,24). The van der Waals surface area contributed by atoms with Crippen LogP contribution in [-0.4, -0.2) is 10.9 Å². The van der Waals surface area contributed by atoms with E-state index < -0.39 is 5.82 Å². The predicted molar refractivity (Wildman–Crippen MR) is 99.1 cm³/mol. The average molecular weight is 375 g/mol. The maximum absolute atomic E-state index is 13.1. The van der Waals surface area contributed by atoms with Crippen LogP contribution in [-0.2, 0) is 17.8 Å². The van der Waals surface area contributed by atoms with Gasteiger partial charge in [0.15, 0.2) is 0 Å². The summed E-state index contributed by atoms with van der Waals surface area (Å²) < 4.78 is 13.1. The molecule has 0 unspecified atom stereocenters. The first-order chi connectivity index (χ1) is 12.1. The van der Waals surface area contributed by atoms with Gasteiger partial charge >= 0.3 is 0 Å². The lowest BCUT2D eigenvalue weighted by atomic mass is 10.1. The maximum Gasteiger partial charge on any atom is 0.220 e. The Morgan fingerprint density at radius 1 is 1.20 bits per heavy atom. The van der Waals surface area contributed by atoms with Gasteiger partial charge in [0, 0.05) is 35.8 Å². The van der Waals surface area contributed by atoms with Gasteiger partial charge < -0.3 is 5.32 Å². The molecule has 0 radical (unpaired) electrons. The van der Waals surface area contributed by atoms with E-state index in [0.29, 0.717) is 19.4 Å². The second-order valence-corrected chi connectivity index (χ2v) is 6.94. The molecule has 128 valence electrons. The maximum atomic E-state index is 13.1. The smallest absolute Gasteiger partial charge is 0.220 e. The third kappa shape index (κ3) is 4.87. The molecule has 0 bridgehead atoms. The lowest BCUT2D eigenvalue weighted by Gasteiger charge is -2.07. The number of nitrogens with zero attached hydrogens (tertiary/aromatic N) is 1. The SMILES string of the molecule is O=C(CCc1ccc(F)c(Cl)c1)NCc1cncc(-c2cccs2)c1. The number of benzene rings is 1. The highest BCUT2D eigenvalue weighted by Crippen LogP contribution is 2.24. The number of thiophene rings is 1. The molecule has 0 aliphatic heterocycles. The molecule has 3 rings (SSSR count). The first-order valence-electron chi connectivity index (χ1n) is 7.80. The minimum Gasteiger partial charge on any atom is -0.352 e. The molecule has 0 aliphatic rings. The van der Waals surface area contributed by atoms with Crippen molar-refractivity contribution in [3.05, 3.63) is 76.1 Å². The first-order valence-corrected chi connectivity index (χ1v) is 9.06. The molecule has 25 heavy (non-hydrogen) atoms. The van der Waals surface area contributed by atoms with E-state index in [2.05, 4.69) is 10.3 Å². The highest BCUT2D eigenvalue weighted by molar-refractivity contribution is 7.13. The van der Waals surface area contributed by atoms with E-state index in [1.807, 2.05) is 29.8 Å². The topological polar surface area (TPSA) is 42.0 Å². The van der Waals surface area contributed by atoms with Gasteiger partial charge in [-0.3, -0.25) is 9.78 Å². The Bertz CT molecular complexity index is 868. The zero-order valence-corrected chi connectivity index (χ0v) is 14.9. The van der Waals surface area contributed by atoms with E-state index in [9.17, 15) is 9.18 Å². The predicted octanol–water partition coefficient (Wildman–Crippen LogP) is 4.85. The van der Waals surface area contributed by atoms with Crippen molar-refractivity contribution in [2.45, 2.75) is 19.4 Å². The Kier molecular flexibility index (Phi) is 5.79. The van der Waals surface area contributed by atoms with Crippen molar-refractivity contribution >= 4 is 28.8 Å². The normalized spacial score (nSPS) is 10.6. The van der Waals surface area contributed by atoms with Gasteiger partial charge in [-0.15, -0.1) is 11.3 Å². The molecule has 2 aromatic heterocycles. The van der Waals surface area contributed by atoms with Crippen LogP contribution >= 0.6 is 22.9 Å². The van der Waals surface area contributed by atoms with Crippen LogP contribution in [0, 0.1) is 5.82 Å². The summed E-state index contributed by atoms with van der Waals surface area (Å²) in [4.78, 5) is 17.4. The van der Waals surface area contributed by atoms with Crippen LogP contribution in [0.3, 0.4) is 0 Å². The Labute approximate surface area is 154 Å². The third-order valence-corrected chi connectivity index (χ3v) is 4.92. The summed E-state index contributed by atoms with van der Waals surface area (Å²) >= 11 is 7.40. The Morgan fingerprint density at radius 2 is 2.08 bits per heavy atom. The number of amides is 1. The molecule has 0 aliphatic carbocycles. The minimum absolute atomic E-state index is 0.0676. The molecule has 1 N–H and O–H groups in total. The summed E-state index contributed by atoms with van der Waals surface area (Å²) in [6, 6.07) is 10.6. The van der Waals surface area contributed by atoms with E-state index in [1.165, 1.54) is 6.07 Å². The number of rotatable bonds is 6. The summed E-state index contributed by atoms with van der Waals surface area (Å²) in [5.41, 5.74) is 2.83. The number of hydrogen-bond donors (Lipinski definition) is 1. The van der Waals surface area contributed by atoms with Crippen molar-refractivity contribution in [2.75, 3.05) is 0 Å². The van der Waals surface area contributed by atoms with Gasteiger partial charge in [-0.1, -0.05) is 23.7 Å². The van der Waals surface area contributed by atoms with Crippen molar-refractivity contribution in [3.63, 3.8) is 0 Å². The lowest BCUT2D eigenvalue weighted by Crippen LogP contribution is -2.23. The van der Waals surface area contributed by atoms with Gasteiger partial charge in [0.05, 0.1) is 5.02 Å². The van der Waals surface area contributed by atoms with Crippen molar-refractivity contribution < 1.29 is 9.18 Å². The Hall–Kier alpha value is -2.24. The van der Waals surface area contributed by atoms with Crippen molar-refractivity contribution in [1.29, 1.82) is 0 Å². The van der Waals surface area contributed by atoms with Crippen molar-refractivity contribution in [1.82, 2.24) is 10.3 Å². The number of carbonyl (C=O) groups excluding carboxylic acids is 1. The van der Waals surface area contributed by atoms with Crippen LogP contribution in [0.15, 0.2) is 54.2 Å². The Balaban J connectivity index is 1.52. The van der Waals surface area contributed by atoms with E-state index >= 15 is 0 Å². The fourth-order valence-electron chi connectivity index (χ4n) is 2.40. The van der Waals surface area contributed by atoms with Crippen LogP contribution in [0.25, 0.3) is 10.4 Å². The summed E-state index contributed by atoms with van der Waals surface area (Å²) in [5.74, 6) is -0.519. The van der Waals surface area contributed by atoms with E-state index in [1.54, 1.807) is 29.7 Å².